The summed E-state index contributed by atoms with van der Waals surface area (Å²) in [5, 5.41) is 25.1. The van der Waals surface area contributed by atoms with Gasteiger partial charge in [0.05, 0.1) is 4.92 Å². The Hall–Kier alpha value is -3.82. The van der Waals surface area contributed by atoms with Crippen molar-refractivity contribution in [3.8, 4) is 11.6 Å². The summed E-state index contributed by atoms with van der Waals surface area (Å²) in [6, 6.07) is 7.71. The number of hydrogen-bond donors (Lipinski definition) is 1. The Labute approximate surface area is 153 Å². The summed E-state index contributed by atoms with van der Waals surface area (Å²) in [5.41, 5.74) is 1.11. The van der Waals surface area contributed by atoms with E-state index in [9.17, 15) is 14.9 Å². The van der Waals surface area contributed by atoms with Crippen molar-refractivity contribution in [2.75, 3.05) is 5.32 Å². The topological polar surface area (TPSA) is 129 Å². The van der Waals surface area contributed by atoms with Gasteiger partial charge in [-0.25, -0.2) is 0 Å². The molecule has 27 heavy (non-hydrogen) atoms. The van der Waals surface area contributed by atoms with Gasteiger partial charge in [0.25, 0.3) is 17.5 Å². The van der Waals surface area contributed by atoms with E-state index < -0.39 is 10.8 Å². The SMILES string of the molecule is CC(C)n1nccc1-c1nnc(NC(=O)C=Cc2cccc([N+](=O)[O-])c2)o1. The van der Waals surface area contributed by atoms with Crippen LogP contribution in [-0.2, 0) is 4.79 Å². The lowest BCUT2D eigenvalue weighted by Crippen LogP contribution is -2.07. The molecule has 0 spiro atoms. The highest BCUT2D eigenvalue weighted by Crippen LogP contribution is 2.22. The molecule has 0 saturated carbocycles. The van der Waals surface area contributed by atoms with Gasteiger partial charge in [-0.15, -0.1) is 5.10 Å². The number of non-ortho nitro benzene ring substituents is 1. The summed E-state index contributed by atoms with van der Waals surface area (Å²) in [7, 11) is 0. The molecule has 10 heteroatoms. The van der Waals surface area contributed by atoms with Crippen molar-refractivity contribution in [3.63, 3.8) is 0 Å². The largest absolute Gasteiger partial charge is 0.401 e. The van der Waals surface area contributed by atoms with Crippen LogP contribution in [0.5, 0.6) is 0 Å². The van der Waals surface area contributed by atoms with E-state index in [1.807, 2.05) is 13.8 Å². The van der Waals surface area contributed by atoms with Crippen LogP contribution >= 0.6 is 0 Å². The second-order valence-corrected chi connectivity index (χ2v) is 5.84. The lowest BCUT2D eigenvalue weighted by atomic mass is 10.2. The first-order valence-electron chi connectivity index (χ1n) is 8.05. The zero-order valence-electron chi connectivity index (χ0n) is 14.6. The van der Waals surface area contributed by atoms with Gasteiger partial charge in [-0.3, -0.25) is 24.9 Å². The summed E-state index contributed by atoms with van der Waals surface area (Å²) in [6.45, 7) is 3.93. The van der Waals surface area contributed by atoms with Crippen LogP contribution in [0.15, 0.2) is 47.0 Å². The molecule has 0 bridgehead atoms. The van der Waals surface area contributed by atoms with E-state index >= 15 is 0 Å². The second-order valence-electron chi connectivity index (χ2n) is 5.84. The van der Waals surface area contributed by atoms with Gasteiger partial charge < -0.3 is 4.42 Å². The third-order valence-corrected chi connectivity index (χ3v) is 3.54. The van der Waals surface area contributed by atoms with Gasteiger partial charge in [-0.1, -0.05) is 17.2 Å². The van der Waals surface area contributed by atoms with Crippen LogP contribution in [0.3, 0.4) is 0 Å². The molecule has 0 saturated heterocycles. The number of amides is 1. The van der Waals surface area contributed by atoms with Crippen LogP contribution in [0.1, 0.15) is 25.5 Å². The fourth-order valence-corrected chi connectivity index (χ4v) is 2.33. The van der Waals surface area contributed by atoms with Crippen molar-refractivity contribution in [1.82, 2.24) is 20.0 Å². The predicted molar refractivity (Wildman–Crippen MR) is 96.7 cm³/mol. The number of anilines is 1. The van der Waals surface area contributed by atoms with Crippen LogP contribution in [0.25, 0.3) is 17.7 Å². The number of nitrogens with one attached hydrogen (secondary N) is 1. The molecule has 2 aromatic heterocycles. The molecule has 0 aliphatic rings. The molecular formula is C17H16N6O4. The minimum Gasteiger partial charge on any atom is -0.401 e. The molecule has 0 fully saturated rings. The van der Waals surface area contributed by atoms with Gasteiger partial charge in [0.2, 0.25) is 0 Å². The van der Waals surface area contributed by atoms with Crippen molar-refractivity contribution in [2.45, 2.75) is 19.9 Å². The number of nitro groups is 1. The molecule has 0 aliphatic carbocycles. The smallest absolute Gasteiger partial charge is 0.322 e. The van der Waals surface area contributed by atoms with Crippen LogP contribution in [0.4, 0.5) is 11.7 Å². The van der Waals surface area contributed by atoms with Crippen molar-refractivity contribution in [1.29, 1.82) is 0 Å². The maximum atomic E-state index is 12.0. The van der Waals surface area contributed by atoms with Gasteiger partial charge in [-0.2, -0.15) is 5.10 Å². The van der Waals surface area contributed by atoms with Crippen LogP contribution in [-0.4, -0.2) is 30.8 Å². The van der Waals surface area contributed by atoms with Gasteiger partial charge >= 0.3 is 6.01 Å². The lowest BCUT2D eigenvalue weighted by Gasteiger charge is -2.07. The summed E-state index contributed by atoms with van der Waals surface area (Å²) >= 11 is 0. The third-order valence-electron chi connectivity index (χ3n) is 3.54. The number of nitrogens with zero attached hydrogens (tertiary/aromatic N) is 5. The predicted octanol–water partition coefficient (Wildman–Crippen LogP) is 3.07. The Bertz CT molecular complexity index is 1000. The highest BCUT2D eigenvalue weighted by molar-refractivity contribution is 6.00. The van der Waals surface area contributed by atoms with Crippen LogP contribution in [0, 0.1) is 10.1 Å². The number of carbonyl (C=O) groups is 1. The van der Waals surface area contributed by atoms with E-state index in [1.54, 1.807) is 23.0 Å². The first-order chi connectivity index (χ1) is 12.9. The van der Waals surface area contributed by atoms with Gasteiger partial charge in [0.1, 0.15) is 5.69 Å². The van der Waals surface area contributed by atoms with Crippen molar-refractivity contribution in [3.05, 3.63) is 58.3 Å². The number of aromatic nitrogens is 4. The van der Waals surface area contributed by atoms with Crippen molar-refractivity contribution in [2.24, 2.45) is 0 Å². The highest BCUT2D eigenvalue weighted by atomic mass is 16.6. The second kappa shape index (κ2) is 7.60. The number of rotatable bonds is 6. The zero-order valence-corrected chi connectivity index (χ0v) is 14.6. The molecule has 3 aromatic rings. The Morgan fingerprint density at radius 3 is 2.89 bits per heavy atom. The Morgan fingerprint density at radius 2 is 2.15 bits per heavy atom. The third kappa shape index (κ3) is 4.24. The van der Waals surface area contributed by atoms with Crippen molar-refractivity contribution >= 4 is 23.7 Å². The summed E-state index contributed by atoms with van der Waals surface area (Å²) < 4.78 is 7.18. The molecule has 138 valence electrons. The minimum absolute atomic E-state index is 0.0548. The summed E-state index contributed by atoms with van der Waals surface area (Å²) in [5.74, 6) is -0.270. The van der Waals surface area contributed by atoms with Crippen LogP contribution < -0.4 is 5.32 Å². The fourth-order valence-electron chi connectivity index (χ4n) is 2.33. The number of hydrogen-bond acceptors (Lipinski definition) is 7. The average Bonchev–Trinajstić information content (AvgIpc) is 3.29. The van der Waals surface area contributed by atoms with Crippen LogP contribution in [0.2, 0.25) is 0 Å². The molecule has 0 aliphatic heterocycles. The Kier molecular flexibility index (Phi) is 5.06. The number of nitro benzene ring substituents is 1. The highest BCUT2D eigenvalue weighted by Gasteiger charge is 2.15. The van der Waals surface area contributed by atoms with E-state index in [-0.39, 0.29) is 23.6 Å². The molecule has 1 N–H and O–H groups in total. The Morgan fingerprint density at radius 1 is 1.33 bits per heavy atom. The molecule has 1 amide bonds. The van der Waals surface area contributed by atoms with E-state index in [1.165, 1.54) is 30.4 Å². The average molecular weight is 368 g/mol. The zero-order chi connectivity index (χ0) is 19.4. The Balaban J connectivity index is 1.68. The molecule has 0 atom stereocenters. The molecule has 10 nitrogen and oxygen atoms in total. The monoisotopic (exact) mass is 368 g/mol. The number of benzene rings is 1. The van der Waals surface area contributed by atoms with E-state index in [0.29, 0.717) is 11.3 Å². The standard InChI is InChI=1S/C17H16N6O4/c1-11(2)22-14(8-9-18-22)16-20-21-17(27-16)19-15(24)7-6-12-4-3-5-13(10-12)23(25)26/h3-11H,1-2H3,(H,19,21,24). The lowest BCUT2D eigenvalue weighted by molar-refractivity contribution is -0.384. The van der Waals surface area contributed by atoms with E-state index in [0.717, 1.165) is 0 Å². The molecule has 3 rings (SSSR count). The van der Waals surface area contributed by atoms with Crippen molar-refractivity contribution < 1.29 is 14.1 Å². The molecule has 0 radical (unpaired) electrons. The van der Waals surface area contributed by atoms with Gasteiger partial charge in [0, 0.05) is 30.4 Å². The van der Waals surface area contributed by atoms with E-state index in [4.69, 9.17) is 4.42 Å². The quantitative estimate of drug-likeness (QED) is 0.402. The number of carbonyl (C=O) groups excluding carboxylic acids is 1. The normalized spacial score (nSPS) is 11.2. The fraction of sp³-hybridized carbons (Fsp3) is 0.176. The molecule has 2 heterocycles. The molecule has 1 aromatic carbocycles. The summed E-state index contributed by atoms with van der Waals surface area (Å²) in [6.07, 6.45) is 4.30. The molecular weight excluding hydrogens is 352 g/mol. The van der Waals surface area contributed by atoms with Gasteiger partial charge in [-0.05, 0) is 31.6 Å². The summed E-state index contributed by atoms with van der Waals surface area (Å²) in [4.78, 5) is 22.3. The minimum atomic E-state index is -0.505. The first-order valence-corrected chi connectivity index (χ1v) is 8.05. The maximum Gasteiger partial charge on any atom is 0.322 e. The first kappa shape index (κ1) is 18.0. The maximum absolute atomic E-state index is 12.0. The van der Waals surface area contributed by atoms with Gasteiger partial charge in [0.15, 0.2) is 0 Å². The molecule has 0 unspecified atom stereocenters. The van der Waals surface area contributed by atoms with E-state index in [2.05, 4.69) is 20.6 Å².